The van der Waals surface area contributed by atoms with Crippen LogP contribution < -0.4 is 4.74 Å². The third-order valence-corrected chi connectivity index (χ3v) is 2.25. The minimum atomic E-state index is -0.870. The molecule has 6 nitrogen and oxygen atoms in total. The van der Waals surface area contributed by atoms with Gasteiger partial charge in [-0.25, -0.2) is 0 Å². The van der Waals surface area contributed by atoms with E-state index < -0.39 is 16.6 Å². The van der Waals surface area contributed by atoms with Crippen LogP contribution in [-0.4, -0.2) is 17.8 Å². The van der Waals surface area contributed by atoms with Crippen molar-refractivity contribution in [2.24, 2.45) is 5.92 Å². The van der Waals surface area contributed by atoms with Crippen molar-refractivity contribution in [1.82, 2.24) is 0 Å². The number of benzene rings is 1. The molecule has 1 atom stereocenters. The van der Waals surface area contributed by atoms with Crippen molar-refractivity contribution in [3.05, 3.63) is 33.9 Å². The predicted molar refractivity (Wildman–Crippen MR) is 58.8 cm³/mol. The molecule has 0 N–H and O–H groups in total. The van der Waals surface area contributed by atoms with Gasteiger partial charge in [-0.1, -0.05) is 6.07 Å². The number of hydrogen-bond acceptors (Lipinski definition) is 5. The number of rotatable bonds is 4. The van der Waals surface area contributed by atoms with Crippen LogP contribution >= 0.6 is 0 Å². The molecule has 0 saturated heterocycles. The SMILES string of the molecule is COc1c(C(=O)C(C)C#N)cccc1[N+](=O)[O-]. The van der Waals surface area contributed by atoms with E-state index in [0.29, 0.717) is 0 Å². The first kappa shape index (κ1) is 12.6. The Kier molecular flexibility index (Phi) is 3.78. The fraction of sp³-hybridized carbons (Fsp3) is 0.273. The maximum absolute atomic E-state index is 11.8. The largest absolute Gasteiger partial charge is 0.490 e. The van der Waals surface area contributed by atoms with Crippen LogP contribution in [0.25, 0.3) is 0 Å². The number of nitriles is 1. The molecule has 0 heterocycles. The molecule has 0 bridgehead atoms. The molecule has 0 spiro atoms. The van der Waals surface area contributed by atoms with E-state index in [-0.39, 0.29) is 17.0 Å². The van der Waals surface area contributed by atoms with Crippen molar-refractivity contribution in [2.45, 2.75) is 6.92 Å². The highest BCUT2D eigenvalue weighted by Gasteiger charge is 2.25. The van der Waals surface area contributed by atoms with Gasteiger partial charge in [0.25, 0.3) is 0 Å². The van der Waals surface area contributed by atoms with Crippen molar-refractivity contribution in [3.63, 3.8) is 0 Å². The predicted octanol–water partition coefficient (Wildman–Crippen LogP) is 1.95. The van der Waals surface area contributed by atoms with Crippen LogP contribution in [0, 0.1) is 27.4 Å². The molecular weight excluding hydrogens is 224 g/mol. The lowest BCUT2D eigenvalue weighted by Gasteiger charge is -2.08. The first-order valence-corrected chi connectivity index (χ1v) is 4.78. The molecule has 88 valence electrons. The number of Topliss-reactive ketones (excluding diaryl/α,β-unsaturated/α-hetero) is 1. The van der Waals surface area contributed by atoms with Crippen molar-refractivity contribution < 1.29 is 14.5 Å². The second-order valence-electron chi connectivity index (χ2n) is 3.33. The fourth-order valence-corrected chi connectivity index (χ4v) is 1.37. The summed E-state index contributed by atoms with van der Waals surface area (Å²) in [5.41, 5.74) is -0.237. The molecule has 0 aliphatic heterocycles. The molecule has 1 unspecified atom stereocenters. The number of nitrogens with zero attached hydrogens (tertiary/aromatic N) is 2. The molecule has 1 aromatic rings. The molecule has 17 heavy (non-hydrogen) atoms. The molecule has 0 fully saturated rings. The average Bonchev–Trinajstić information content (AvgIpc) is 2.35. The molecular formula is C11H10N2O4. The Balaban J connectivity index is 3.35. The van der Waals surface area contributed by atoms with E-state index in [1.807, 2.05) is 0 Å². The van der Waals surface area contributed by atoms with E-state index >= 15 is 0 Å². The maximum Gasteiger partial charge on any atom is 0.311 e. The van der Waals surface area contributed by atoms with Crippen LogP contribution in [0.4, 0.5) is 5.69 Å². The molecule has 1 aromatic carbocycles. The van der Waals surface area contributed by atoms with Gasteiger partial charge < -0.3 is 4.74 Å². The number of nitro groups is 1. The lowest BCUT2D eigenvalue weighted by Crippen LogP contribution is -2.11. The monoisotopic (exact) mass is 234 g/mol. The van der Waals surface area contributed by atoms with Gasteiger partial charge in [0.1, 0.15) is 5.92 Å². The van der Waals surface area contributed by atoms with Crippen molar-refractivity contribution in [1.29, 1.82) is 5.26 Å². The maximum atomic E-state index is 11.8. The lowest BCUT2D eigenvalue weighted by molar-refractivity contribution is -0.385. The highest BCUT2D eigenvalue weighted by molar-refractivity contribution is 6.02. The number of para-hydroxylation sites is 1. The van der Waals surface area contributed by atoms with Gasteiger partial charge in [-0.3, -0.25) is 14.9 Å². The summed E-state index contributed by atoms with van der Waals surface area (Å²) in [5, 5.41) is 19.4. The van der Waals surface area contributed by atoms with Crippen LogP contribution in [0.3, 0.4) is 0 Å². The summed E-state index contributed by atoms with van der Waals surface area (Å²) >= 11 is 0. The van der Waals surface area contributed by atoms with Gasteiger partial charge in [-0.05, 0) is 13.0 Å². The third-order valence-electron chi connectivity index (χ3n) is 2.25. The highest BCUT2D eigenvalue weighted by Crippen LogP contribution is 2.31. The standard InChI is InChI=1S/C11H10N2O4/c1-7(6-12)10(14)8-4-3-5-9(13(15)16)11(8)17-2/h3-5,7H,1-2H3. The Labute approximate surface area is 97.6 Å². The summed E-state index contributed by atoms with van der Waals surface area (Å²) in [4.78, 5) is 21.9. The summed E-state index contributed by atoms with van der Waals surface area (Å²) in [6, 6.07) is 5.82. The third kappa shape index (κ3) is 2.39. The number of ether oxygens (including phenoxy) is 1. The van der Waals surface area contributed by atoms with Crippen LogP contribution in [0.2, 0.25) is 0 Å². The van der Waals surface area contributed by atoms with E-state index in [0.717, 1.165) is 0 Å². The van der Waals surface area contributed by atoms with E-state index in [4.69, 9.17) is 10.00 Å². The van der Waals surface area contributed by atoms with Gasteiger partial charge in [-0.2, -0.15) is 5.26 Å². The second-order valence-corrected chi connectivity index (χ2v) is 3.33. The smallest absolute Gasteiger partial charge is 0.311 e. The minimum Gasteiger partial charge on any atom is -0.490 e. The van der Waals surface area contributed by atoms with Gasteiger partial charge in [-0.15, -0.1) is 0 Å². The topological polar surface area (TPSA) is 93.2 Å². The fourth-order valence-electron chi connectivity index (χ4n) is 1.37. The van der Waals surface area contributed by atoms with Crippen molar-refractivity contribution >= 4 is 11.5 Å². The van der Waals surface area contributed by atoms with E-state index in [1.54, 1.807) is 6.07 Å². The minimum absolute atomic E-state index is 0.0516. The quantitative estimate of drug-likeness (QED) is 0.451. The normalized spacial score (nSPS) is 11.4. The molecule has 0 aliphatic rings. The van der Waals surface area contributed by atoms with Crippen LogP contribution in [0.15, 0.2) is 18.2 Å². The van der Waals surface area contributed by atoms with Crippen molar-refractivity contribution in [2.75, 3.05) is 7.11 Å². The molecule has 0 saturated carbocycles. The molecule has 0 aromatic heterocycles. The number of nitro benzene ring substituents is 1. The van der Waals surface area contributed by atoms with Gasteiger partial charge >= 0.3 is 5.69 Å². The zero-order valence-corrected chi connectivity index (χ0v) is 9.34. The second kappa shape index (κ2) is 5.07. The molecule has 6 heteroatoms. The molecule has 0 amide bonds. The highest BCUT2D eigenvalue weighted by atomic mass is 16.6. The van der Waals surface area contributed by atoms with Crippen molar-refractivity contribution in [3.8, 4) is 11.8 Å². The van der Waals surface area contributed by atoms with E-state index in [9.17, 15) is 14.9 Å². The Morgan fingerprint density at radius 3 is 2.71 bits per heavy atom. The first-order chi connectivity index (χ1) is 8.02. The zero-order valence-electron chi connectivity index (χ0n) is 9.34. The first-order valence-electron chi connectivity index (χ1n) is 4.78. The Morgan fingerprint density at radius 1 is 1.59 bits per heavy atom. The number of ketones is 1. The Morgan fingerprint density at radius 2 is 2.24 bits per heavy atom. The van der Waals surface area contributed by atoms with Gasteiger partial charge in [0.05, 0.1) is 23.7 Å². The van der Waals surface area contributed by atoms with Gasteiger partial charge in [0, 0.05) is 6.07 Å². The van der Waals surface area contributed by atoms with E-state index in [1.165, 1.54) is 32.2 Å². The molecule has 0 radical (unpaired) electrons. The number of methoxy groups -OCH3 is 1. The lowest BCUT2D eigenvalue weighted by atomic mass is 9.99. The summed E-state index contributed by atoms with van der Waals surface area (Å²) in [6.45, 7) is 1.43. The number of carbonyl (C=O) groups is 1. The summed E-state index contributed by atoms with van der Waals surface area (Å²) in [5.74, 6) is -1.47. The Hall–Kier alpha value is -2.42. The Bertz CT molecular complexity index is 505. The van der Waals surface area contributed by atoms with Gasteiger partial charge in [0.2, 0.25) is 5.75 Å². The van der Waals surface area contributed by atoms with Crippen LogP contribution in [-0.2, 0) is 0 Å². The summed E-state index contributed by atoms with van der Waals surface area (Å²) in [6.07, 6.45) is 0. The number of carbonyl (C=O) groups excluding carboxylic acids is 1. The molecule has 1 rings (SSSR count). The zero-order chi connectivity index (χ0) is 13.0. The summed E-state index contributed by atoms with van der Waals surface area (Å²) < 4.78 is 4.88. The summed E-state index contributed by atoms with van der Waals surface area (Å²) in [7, 11) is 1.25. The number of hydrogen-bond donors (Lipinski definition) is 0. The van der Waals surface area contributed by atoms with Gasteiger partial charge in [0.15, 0.2) is 5.78 Å². The van der Waals surface area contributed by atoms with Crippen LogP contribution in [0.1, 0.15) is 17.3 Å². The van der Waals surface area contributed by atoms with Crippen LogP contribution in [0.5, 0.6) is 5.75 Å². The molecule has 0 aliphatic carbocycles. The average molecular weight is 234 g/mol. The van der Waals surface area contributed by atoms with E-state index in [2.05, 4.69) is 0 Å².